The minimum absolute atomic E-state index is 0.000644. The Labute approximate surface area is 102 Å². The van der Waals surface area contributed by atoms with Crippen LogP contribution in [0, 0.1) is 5.41 Å². The highest BCUT2D eigenvalue weighted by Crippen LogP contribution is 2.25. The third-order valence-corrected chi connectivity index (χ3v) is 2.67. The van der Waals surface area contributed by atoms with E-state index in [1.165, 1.54) is 6.42 Å². The number of hydrogen-bond donors (Lipinski definition) is 1. The van der Waals surface area contributed by atoms with E-state index in [9.17, 15) is 4.79 Å². The van der Waals surface area contributed by atoms with Crippen molar-refractivity contribution in [3.8, 4) is 0 Å². The van der Waals surface area contributed by atoms with Crippen LogP contribution in [0.25, 0.3) is 0 Å². The van der Waals surface area contributed by atoms with Gasteiger partial charge in [0, 0.05) is 20.6 Å². The summed E-state index contributed by atoms with van der Waals surface area (Å²) >= 11 is 0. The molecule has 0 aromatic heterocycles. The number of carbonyl (C=O) groups excluding carboxylic acids is 1. The molecule has 0 atom stereocenters. The van der Waals surface area contributed by atoms with Crippen molar-refractivity contribution in [1.29, 1.82) is 0 Å². The van der Waals surface area contributed by atoms with Gasteiger partial charge in [0.2, 0.25) is 0 Å². The number of carbonyl (C=O) groups is 1. The zero-order valence-corrected chi connectivity index (χ0v) is 12.2. The minimum atomic E-state index is -0.000644. The molecule has 0 saturated carbocycles. The van der Waals surface area contributed by atoms with Crippen LogP contribution in [0.2, 0.25) is 0 Å². The third kappa shape index (κ3) is 9.81. The fourth-order valence-corrected chi connectivity index (χ4v) is 1.10. The maximum absolute atomic E-state index is 11.2. The second-order valence-electron chi connectivity index (χ2n) is 4.75. The average Bonchev–Trinajstić information content (AvgIpc) is 2.26. The Morgan fingerprint density at radius 1 is 1.25 bits per heavy atom. The molecule has 0 aliphatic carbocycles. The molecule has 0 spiro atoms. The standard InChI is InChI=1S/C11H24N2O.C2H6/c1-6-11(2,3)8-7-9-12-10(14)13(4)5;1-2/h6-9H2,1-5H3,(H,12,14);1-2H3. The van der Waals surface area contributed by atoms with Crippen LogP contribution in [0.4, 0.5) is 4.79 Å². The van der Waals surface area contributed by atoms with E-state index in [-0.39, 0.29) is 6.03 Å². The lowest BCUT2D eigenvalue weighted by Gasteiger charge is -2.22. The molecule has 3 nitrogen and oxygen atoms in total. The Morgan fingerprint density at radius 2 is 1.75 bits per heavy atom. The van der Waals surface area contributed by atoms with Gasteiger partial charge in [-0.1, -0.05) is 41.0 Å². The van der Waals surface area contributed by atoms with Crippen LogP contribution in [-0.2, 0) is 0 Å². The summed E-state index contributed by atoms with van der Waals surface area (Å²) in [7, 11) is 3.51. The summed E-state index contributed by atoms with van der Waals surface area (Å²) in [6.45, 7) is 11.5. The maximum atomic E-state index is 11.2. The van der Waals surface area contributed by atoms with Crippen molar-refractivity contribution in [2.45, 2.75) is 53.9 Å². The normalized spacial score (nSPS) is 10.2. The Balaban J connectivity index is 0. The van der Waals surface area contributed by atoms with E-state index >= 15 is 0 Å². The molecule has 0 radical (unpaired) electrons. The molecule has 0 aromatic carbocycles. The number of urea groups is 1. The van der Waals surface area contributed by atoms with Gasteiger partial charge in [0.05, 0.1) is 0 Å². The number of rotatable bonds is 5. The smallest absolute Gasteiger partial charge is 0.316 e. The fourth-order valence-electron chi connectivity index (χ4n) is 1.10. The highest BCUT2D eigenvalue weighted by molar-refractivity contribution is 5.73. The van der Waals surface area contributed by atoms with Crippen LogP contribution < -0.4 is 5.32 Å². The quantitative estimate of drug-likeness (QED) is 0.720. The maximum Gasteiger partial charge on any atom is 0.316 e. The predicted molar refractivity (Wildman–Crippen MR) is 71.7 cm³/mol. The summed E-state index contributed by atoms with van der Waals surface area (Å²) in [5.74, 6) is 0. The van der Waals surface area contributed by atoms with E-state index in [2.05, 4.69) is 26.1 Å². The van der Waals surface area contributed by atoms with Gasteiger partial charge in [-0.2, -0.15) is 0 Å². The summed E-state index contributed by atoms with van der Waals surface area (Å²) in [5.41, 5.74) is 0.406. The number of nitrogens with zero attached hydrogens (tertiary/aromatic N) is 1. The fraction of sp³-hybridized carbons (Fsp3) is 0.923. The average molecular weight is 230 g/mol. The highest BCUT2D eigenvalue weighted by atomic mass is 16.2. The molecule has 98 valence electrons. The lowest BCUT2D eigenvalue weighted by Crippen LogP contribution is -2.35. The van der Waals surface area contributed by atoms with Crippen molar-refractivity contribution in [2.75, 3.05) is 20.6 Å². The molecular weight excluding hydrogens is 200 g/mol. The van der Waals surface area contributed by atoms with Crippen LogP contribution >= 0.6 is 0 Å². The van der Waals surface area contributed by atoms with Gasteiger partial charge < -0.3 is 10.2 Å². The summed E-state index contributed by atoms with van der Waals surface area (Å²) in [6.07, 6.45) is 3.41. The zero-order chi connectivity index (χ0) is 13.2. The van der Waals surface area contributed by atoms with Crippen molar-refractivity contribution in [3.63, 3.8) is 0 Å². The molecule has 0 aliphatic heterocycles. The molecule has 0 rings (SSSR count). The first-order valence-corrected chi connectivity index (χ1v) is 6.34. The Bertz CT molecular complexity index is 177. The second-order valence-corrected chi connectivity index (χ2v) is 4.75. The minimum Gasteiger partial charge on any atom is -0.338 e. The van der Waals surface area contributed by atoms with Crippen LogP contribution in [-0.4, -0.2) is 31.6 Å². The molecule has 0 heterocycles. The van der Waals surface area contributed by atoms with Crippen LogP contribution in [0.1, 0.15) is 53.9 Å². The van der Waals surface area contributed by atoms with Crippen LogP contribution in [0.3, 0.4) is 0 Å². The van der Waals surface area contributed by atoms with Gasteiger partial charge >= 0.3 is 6.03 Å². The number of nitrogens with one attached hydrogen (secondary N) is 1. The van der Waals surface area contributed by atoms with Gasteiger partial charge in [-0.15, -0.1) is 0 Å². The Kier molecular flexibility index (Phi) is 10.5. The van der Waals surface area contributed by atoms with Crippen molar-refractivity contribution in [2.24, 2.45) is 5.41 Å². The molecule has 16 heavy (non-hydrogen) atoms. The molecule has 2 amide bonds. The van der Waals surface area contributed by atoms with E-state index in [1.54, 1.807) is 19.0 Å². The van der Waals surface area contributed by atoms with Gasteiger partial charge in [-0.05, 0) is 18.3 Å². The number of hydrogen-bond acceptors (Lipinski definition) is 1. The summed E-state index contributed by atoms with van der Waals surface area (Å²) in [5, 5.41) is 2.87. The summed E-state index contributed by atoms with van der Waals surface area (Å²) < 4.78 is 0. The summed E-state index contributed by atoms with van der Waals surface area (Å²) in [4.78, 5) is 12.7. The lowest BCUT2D eigenvalue weighted by atomic mass is 9.85. The van der Waals surface area contributed by atoms with E-state index in [1.807, 2.05) is 13.8 Å². The Hall–Kier alpha value is -0.730. The Morgan fingerprint density at radius 3 is 2.12 bits per heavy atom. The molecular formula is C13H30N2O. The molecule has 0 aliphatic rings. The highest BCUT2D eigenvalue weighted by Gasteiger charge is 2.14. The molecule has 0 bridgehead atoms. The zero-order valence-electron chi connectivity index (χ0n) is 12.2. The van der Waals surface area contributed by atoms with E-state index in [0.29, 0.717) is 5.41 Å². The van der Waals surface area contributed by atoms with Gasteiger partial charge in [0.1, 0.15) is 0 Å². The number of amides is 2. The first-order chi connectivity index (χ1) is 7.39. The first kappa shape index (κ1) is 17.7. The van der Waals surface area contributed by atoms with Gasteiger partial charge in [0.15, 0.2) is 0 Å². The molecule has 0 fully saturated rings. The predicted octanol–water partition coefficient (Wildman–Crippen LogP) is 3.50. The molecule has 3 heteroatoms. The van der Waals surface area contributed by atoms with Crippen molar-refractivity contribution >= 4 is 6.03 Å². The topological polar surface area (TPSA) is 32.3 Å². The third-order valence-electron chi connectivity index (χ3n) is 2.67. The van der Waals surface area contributed by atoms with E-state index < -0.39 is 0 Å². The molecule has 0 saturated heterocycles. The molecule has 0 aromatic rings. The van der Waals surface area contributed by atoms with Crippen molar-refractivity contribution in [1.82, 2.24) is 10.2 Å². The van der Waals surface area contributed by atoms with Crippen LogP contribution in [0.5, 0.6) is 0 Å². The van der Waals surface area contributed by atoms with Crippen LogP contribution in [0.15, 0.2) is 0 Å². The van der Waals surface area contributed by atoms with E-state index in [4.69, 9.17) is 0 Å². The van der Waals surface area contributed by atoms with Crippen molar-refractivity contribution < 1.29 is 4.79 Å². The SMILES string of the molecule is CC.CCC(C)(C)CCCNC(=O)N(C)C. The monoisotopic (exact) mass is 230 g/mol. The van der Waals surface area contributed by atoms with E-state index in [0.717, 1.165) is 19.4 Å². The molecule has 0 unspecified atom stereocenters. The first-order valence-electron chi connectivity index (χ1n) is 6.34. The second kappa shape index (κ2) is 9.49. The largest absolute Gasteiger partial charge is 0.338 e. The van der Waals surface area contributed by atoms with Gasteiger partial charge in [-0.25, -0.2) is 4.79 Å². The van der Waals surface area contributed by atoms with Gasteiger partial charge in [-0.3, -0.25) is 0 Å². The lowest BCUT2D eigenvalue weighted by molar-refractivity contribution is 0.216. The van der Waals surface area contributed by atoms with Gasteiger partial charge in [0.25, 0.3) is 0 Å². The summed E-state index contributed by atoms with van der Waals surface area (Å²) in [6, 6.07) is -0.000644. The molecule has 1 N–H and O–H groups in total. The van der Waals surface area contributed by atoms with Crippen molar-refractivity contribution in [3.05, 3.63) is 0 Å².